The molecular weight excluding hydrogens is 353 g/mol. The highest BCUT2D eigenvalue weighted by Gasteiger charge is 2.07. The number of aliphatic hydroxyl groups excluding tert-OH is 1. The second kappa shape index (κ2) is 10.2. The molecule has 7 nitrogen and oxygen atoms in total. The van der Waals surface area contributed by atoms with Crippen molar-refractivity contribution in [1.82, 2.24) is 5.32 Å². The van der Waals surface area contributed by atoms with Gasteiger partial charge in [0.2, 0.25) is 0 Å². The predicted octanol–water partition coefficient (Wildman–Crippen LogP) is 1.69. The highest BCUT2D eigenvalue weighted by Crippen LogP contribution is 2.27. The van der Waals surface area contributed by atoms with Gasteiger partial charge in [0, 0.05) is 6.54 Å². The van der Waals surface area contributed by atoms with Crippen LogP contribution in [0.4, 0.5) is 4.39 Å². The van der Waals surface area contributed by atoms with Crippen molar-refractivity contribution in [1.29, 1.82) is 0 Å². The molecule has 0 saturated heterocycles. The highest BCUT2D eigenvalue weighted by molar-refractivity contribution is 5.77. The van der Waals surface area contributed by atoms with Crippen LogP contribution in [-0.2, 0) is 6.54 Å². The van der Waals surface area contributed by atoms with Gasteiger partial charge in [-0.05, 0) is 42.0 Å². The summed E-state index contributed by atoms with van der Waals surface area (Å²) < 4.78 is 28.6. The molecule has 0 radical (unpaired) electrons. The maximum Gasteiger partial charge on any atom is 0.189 e. The van der Waals surface area contributed by atoms with E-state index in [1.165, 1.54) is 24.3 Å². The van der Waals surface area contributed by atoms with Crippen molar-refractivity contribution in [3.05, 3.63) is 53.8 Å². The Morgan fingerprint density at radius 3 is 2.52 bits per heavy atom. The molecule has 0 aliphatic rings. The Kier molecular flexibility index (Phi) is 7.69. The van der Waals surface area contributed by atoms with Crippen LogP contribution in [0, 0.1) is 5.82 Å². The number of benzene rings is 2. The molecule has 2 aromatic rings. The lowest BCUT2D eigenvalue weighted by atomic mass is 10.2. The van der Waals surface area contributed by atoms with Gasteiger partial charge in [-0.3, -0.25) is 0 Å². The highest BCUT2D eigenvalue weighted by atomic mass is 19.1. The minimum atomic E-state index is -0.801. The first kappa shape index (κ1) is 20.3. The quantitative estimate of drug-likeness (QED) is 0.454. The van der Waals surface area contributed by atoms with E-state index in [-0.39, 0.29) is 24.9 Å². The number of methoxy groups -OCH3 is 2. The van der Waals surface area contributed by atoms with Crippen LogP contribution in [0.15, 0.2) is 47.5 Å². The summed E-state index contributed by atoms with van der Waals surface area (Å²) in [6.07, 6.45) is -0.801. The van der Waals surface area contributed by atoms with Gasteiger partial charge in [-0.25, -0.2) is 9.38 Å². The van der Waals surface area contributed by atoms with Crippen LogP contribution in [0.25, 0.3) is 0 Å². The summed E-state index contributed by atoms with van der Waals surface area (Å²) in [5.74, 6) is 1.59. The van der Waals surface area contributed by atoms with E-state index in [0.717, 1.165) is 5.56 Å². The largest absolute Gasteiger partial charge is 0.493 e. The zero-order valence-electron chi connectivity index (χ0n) is 15.3. The summed E-state index contributed by atoms with van der Waals surface area (Å²) in [7, 11) is 3.14. The first-order valence-electron chi connectivity index (χ1n) is 8.33. The molecule has 0 aliphatic carbocycles. The van der Waals surface area contributed by atoms with Crippen molar-refractivity contribution >= 4 is 5.96 Å². The van der Waals surface area contributed by atoms with Crippen molar-refractivity contribution in [2.45, 2.75) is 12.6 Å². The third-order valence-corrected chi connectivity index (χ3v) is 3.65. The SMILES string of the molecule is COc1ccc(CN=C(N)NCC(O)COc2ccc(F)cc2)cc1OC. The van der Waals surface area contributed by atoms with Crippen molar-refractivity contribution in [2.24, 2.45) is 10.7 Å². The van der Waals surface area contributed by atoms with Crippen LogP contribution in [0.3, 0.4) is 0 Å². The van der Waals surface area contributed by atoms with Gasteiger partial charge in [-0.1, -0.05) is 6.07 Å². The topological polar surface area (TPSA) is 98.3 Å². The van der Waals surface area contributed by atoms with Crippen LogP contribution in [0.1, 0.15) is 5.56 Å². The number of hydrogen-bond acceptors (Lipinski definition) is 5. The summed E-state index contributed by atoms with van der Waals surface area (Å²) in [6, 6.07) is 11.1. The Balaban J connectivity index is 1.77. The molecular formula is C19H24FN3O4. The van der Waals surface area contributed by atoms with E-state index in [4.69, 9.17) is 19.9 Å². The molecule has 8 heteroatoms. The van der Waals surface area contributed by atoms with Gasteiger partial charge >= 0.3 is 0 Å². The maximum atomic E-state index is 12.8. The molecule has 2 aromatic carbocycles. The predicted molar refractivity (Wildman–Crippen MR) is 101 cm³/mol. The Labute approximate surface area is 157 Å². The number of aliphatic imine (C=N–C) groups is 1. The van der Waals surface area contributed by atoms with Crippen molar-refractivity contribution < 1.29 is 23.7 Å². The minimum Gasteiger partial charge on any atom is -0.493 e. The summed E-state index contributed by atoms with van der Waals surface area (Å²) in [4.78, 5) is 4.22. The Morgan fingerprint density at radius 1 is 1.15 bits per heavy atom. The molecule has 0 saturated carbocycles. The summed E-state index contributed by atoms with van der Waals surface area (Å²) in [5.41, 5.74) is 6.71. The standard InChI is InChI=1S/C19H24FN3O4/c1-25-17-8-3-13(9-18(17)26-2)10-22-19(21)23-11-15(24)12-27-16-6-4-14(20)5-7-16/h3-9,15,24H,10-12H2,1-2H3,(H3,21,22,23). The molecule has 0 amide bonds. The third-order valence-electron chi connectivity index (χ3n) is 3.65. The van der Waals surface area contributed by atoms with Crippen LogP contribution in [0.2, 0.25) is 0 Å². The molecule has 4 N–H and O–H groups in total. The smallest absolute Gasteiger partial charge is 0.189 e. The average Bonchev–Trinajstić information content (AvgIpc) is 2.69. The lowest BCUT2D eigenvalue weighted by Crippen LogP contribution is -2.39. The van der Waals surface area contributed by atoms with Crippen molar-refractivity contribution in [3.63, 3.8) is 0 Å². The molecule has 1 unspecified atom stereocenters. The van der Waals surface area contributed by atoms with Gasteiger partial charge in [0.25, 0.3) is 0 Å². The van der Waals surface area contributed by atoms with E-state index in [2.05, 4.69) is 10.3 Å². The maximum absolute atomic E-state index is 12.8. The summed E-state index contributed by atoms with van der Waals surface area (Å²) in [6.45, 7) is 0.561. The van der Waals surface area contributed by atoms with Gasteiger partial charge in [0.05, 0.1) is 20.8 Å². The lowest BCUT2D eigenvalue weighted by Gasteiger charge is -2.14. The van der Waals surface area contributed by atoms with Crippen molar-refractivity contribution in [2.75, 3.05) is 27.4 Å². The van der Waals surface area contributed by atoms with Crippen LogP contribution >= 0.6 is 0 Å². The molecule has 0 heterocycles. The summed E-state index contributed by atoms with van der Waals surface area (Å²) >= 11 is 0. The third kappa shape index (κ3) is 6.67. The summed E-state index contributed by atoms with van der Waals surface area (Å²) in [5, 5.41) is 12.8. The van der Waals surface area contributed by atoms with E-state index in [9.17, 15) is 9.50 Å². The zero-order valence-corrected chi connectivity index (χ0v) is 15.3. The number of nitrogens with zero attached hydrogens (tertiary/aromatic N) is 1. The number of hydrogen-bond donors (Lipinski definition) is 3. The second-order valence-corrected chi connectivity index (χ2v) is 5.69. The number of ether oxygens (including phenoxy) is 3. The van der Waals surface area contributed by atoms with Gasteiger partial charge < -0.3 is 30.4 Å². The number of guanidine groups is 1. The van der Waals surface area contributed by atoms with Gasteiger partial charge in [0.1, 0.15) is 24.3 Å². The molecule has 27 heavy (non-hydrogen) atoms. The number of nitrogens with one attached hydrogen (secondary N) is 1. The Bertz CT molecular complexity index is 753. The Hall–Kier alpha value is -3.00. The average molecular weight is 377 g/mol. The van der Waals surface area contributed by atoms with E-state index in [1.807, 2.05) is 12.1 Å². The van der Waals surface area contributed by atoms with E-state index >= 15 is 0 Å². The van der Waals surface area contributed by atoms with E-state index < -0.39 is 6.10 Å². The molecule has 0 aliphatic heterocycles. The normalized spacial score (nSPS) is 12.4. The van der Waals surface area contributed by atoms with E-state index in [1.54, 1.807) is 20.3 Å². The molecule has 2 rings (SSSR count). The molecule has 0 fully saturated rings. The van der Waals surface area contributed by atoms with Crippen LogP contribution < -0.4 is 25.3 Å². The van der Waals surface area contributed by atoms with Crippen molar-refractivity contribution in [3.8, 4) is 17.2 Å². The van der Waals surface area contributed by atoms with E-state index in [0.29, 0.717) is 23.8 Å². The molecule has 0 aromatic heterocycles. The minimum absolute atomic E-state index is 0.0432. The zero-order chi connectivity index (χ0) is 19.6. The first-order chi connectivity index (χ1) is 13.0. The monoisotopic (exact) mass is 377 g/mol. The fourth-order valence-electron chi connectivity index (χ4n) is 2.22. The van der Waals surface area contributed by atoms with Gasteiger partial charge in [0.15, 0.2) is 17.5 Å². The van der Waals surface area contributed by atoms with Gasteiger partial charge in [-0.2, -0.15) is 0 Å². The lowest BCUT2D eigenvalue weighted by molar-refractivity contribution is 0.110. The van der Waals surface area contributed by atoms with Gasteiger partial charge in [-0.15, -0.1) is 0 Å². The van der Waals surface area contributed by atoms with Crippen LogP contribution in [0.5, 0.6) is 17.2 Å². The molecule has 0 spiro atoms. The molecule has 146 valence electrons. The molecule has 1 atom stereocenters. The number of rotatable bonds is 9. The first-order valence-corrected chi connectivity index (χ1v) is 8.33. The molecule has 0 bridgehead atoms. The number of halogens is 1. The fourth-order valence-corrected chi connectivity index (χ4v) is 2.22. The number of nitrogens with two attached hydrogens (primary N) is 1. The number of aliphatic hydroxyl groups is 1. The van der Waals surface area contributed by atoms with Crippen LogP contribution in [-0.4, -0.2) is 44.5 Å². The second-order valence-electron chi connectivity index (χ2n) is 5.69. The fraction of sp³-hybridized carbons (Fsp3) is 0.316. The Morgan fingerprint density at radius 2 is 1.85 bits per heavy atom.